The van der Waals surface area contributed by atoms with Crippen LogP contribution in [-0.2, 0) is 13.0 Å². The van der Waals surface area contributed by atoms with Gasteiger partial charge in [0.05, 0.1) is 5.56 Å². The Bertz CT molecular complexity index is 996. The molecular weight excluding hydrogens is 343 g/mol. The summed E-state index contributed by atoms with van der Waals surface area (Å²) in [5, 5.41) is 11.5. The summed E-state index contributed by atoms with van der Waals surface area (Å²) in [6, 6.07) is 11.8. The quantitative estimate of drug-likeness (QED) is 0.751. The summed E-state index contributed by atoms with van der Waals surface area (Å²) in [5.41, 5.74) is 2.47. The van der Waals surface area contributed by atoms with Gasteiger partial charge in [0.1, 0.15) is 11.6 Å². The van der Waals surface area contributed by atoms with E-state index in [0.29, 0.717) is 5.69 Å². The second-order valence-electron chi connectivity index (χ2n) is 6.87. The molecule has 3 aromatic rings. The minimum absolute atomic E-state index is 0.0265. The molecule has 27 heavy (non-hydrogen) atoms. The van der Waals surface area contributed by atoms with Gasteiger partial charge in [-0.1, -0.05) is 30.7 Å². The van der Waals surface area contributed by atoms with Crippen molar-refractivity contribution in [3.05, 3.63) is 65.2 Å². The Kier molecular flexibility index (Phi) is 4.71. The van der Waals surface area contributed by atoms with Gasteiger partial charge in [0.15, 0.2) is 5.82 Å². The van der Waals surface area contributed by atoms with Crippen molar-refractivity contribution in [2.75, 3.05) is 5.32 Å². The van der Waals surface area contributed by atoms with Crippen LogP contribution in [0.5, 0.6) is 0 Å². The van der Waals surface area contributed by atoms with E-state index in [4.69, 9.17) is 0 Å². The van der Waals surface area contributed by atoms with Gasteiger partial charge < -0.3 is 9.88 Å². The molecule has 1 amide bonds. The lowest BCUT2D eigenvalue weighted by Gasteiger charge is -2.12. The Labute approximate surface area is 157 Å². The summed E-state index contributed by atoms with van der Waals surface area (Å²) in [6.45, 7) is 2.81. The summed E-state index contributed by atoms with van der Waals surface area (Å²) in [5.74, 6) is 0.827. The van der Waals surface area contributed by atoms with Crippen LogP contribution in [0.1, 0.15) is 41.0 Å². The molecule has 0 aliphatic carbocycles. The zero-order valence-corrected chi connectivity index (χ0v) is 15.2. The molecule has 1 aromatic heterocycles. The van der Waals surface area contributed by atoms with E-state index in [-0.39, 0.29) is 5.56 Å². The number of halogens is 1. The molecule has 0 saturated carbocycles. The summed E-state index contributed by atoms with van der Waals surface area (Å²) < 4.78 is 16.1. The number of rotatable bonds is 3. The van der Waals surface area contributed by atoms with Crippen LogP contribution >= 0.6 is 0 Å². The van der Waals surface area contributed by atoms with Gasteiger partial charge in [-0.2, -0.15) is 0 Å². The largest absolute Gasteiger partial charge is 0.322 e. The first-order chi connectivity index (χ1) is 13.1. The van der Waals surface area contributed by atoms with E-state index in [1.165, 1.54) is 18.6 Å². The van der Waals surface area contributed by atoms with E-state index in [9.17, 15) is 9.18 Å². The third-order valence-corrected chi connectivity index (χ3v) is 4.97. The van der Waals surface area contributed by atoms with Crippen molar-refractivity contribution in [3.63, 3.8) is 0 Å². The fourth-order valence-electron chi connectivity index (χ4n) is 3.43. The Morgan fingerprint density at radius 1 is 1.11 bits per heavy atom. The predicted molar refractivity (Wildman–Crippen MR) is 102 cm³/mol. The lowest BCUT2D eigenvalue weighted by molar-refractivity contribution is 0.102. The van der Waals surface area contributed by atoms with Crippen molar-refractivity contribution >= 4 is 11.6 Å². The third kappa shape index (κ3) is 3.47. The SMILES string of the molecule is Cc1ccc(-c2nnc3n2CCCCC3)cc1NC(=O)c1ccccc1F. The minimum Gasteiger partial charge on any atom is -0.322 e. The van der Waals surface area contributed by atoms with Crippen LogP contribution in [0.2, 0.25) is 0 Å². The Balaban J connectivity index is 1.66. The van der Waals surface area contributed by atoms with Gasteiger partial charge in [0.25, 0.3) is 5.91 Å². The summed E-state index contributed by atoms with van der Waals surface area (Å²) in [4.78, 5) is 12.5. The molecule has 0 spiro atoms. The van der Waals surface area contributed by atoms with Crippen LogP contribution in [0.4, 0.5) is 10.1 Å². The smallest absolute Gasteiger partial charge is 0.258 e. The van der Waals surface area contributed by atoms with Crippen LogP contribution in [0, 0.1) is 12.7 Å². The van der Waals surface area contributed by atoms with E-state index in [0.717, 1.165) is 48.6 Å². The minimum atomic E-state index is -0.536. The number of nitrogens with one attached hydrogen (secondary N) is 1. The first-order valence-electron chi connectivity index (χ1n) is 9.22. The van der Waals surface area contributed by atoms with Gasteiger partial charge in [0.2, 0.25) is 0 Å². The number of amides is 1. The average molecular weight is 364 g/mol. The number of anilines is 1. The van der Waals surface area contributed by atoms with Crippen molar-refractivity contribution in [2.45, 2.75) is 39.2 Å². The maximum atomic E-state index is 13.9. The van der Waals surface area contributed by atoms with Crippen LogP contribution in [-0.4, -0.2) is 20.7 Å². The van der Waals surface area contributed by atoms with Crippen LogP contribution in [0.3, 0.4) is 0 Å². The van der Waals surface area contributed by atoms with Gasteiger partial charge in [-0.3, -0.25) is 4.79 Å². The Hall–Kier alpha value is -3.02. The van der Waals surface area contributed by atoms with Gasteiger partial charge in [-0.15, -0.1) is 10.2 Å². The molecule has 1 N–H and O–H groups in total. The van der Waals surface area contributed by atoms with Crippen LogP contribution < -0.4 is 5.32 Å². The lowest BCUT2D eigenvalue weighted by Crippen LogP contribution is -2.14. The van der Waals surface area contributed by atoms with E-state index in [1.54, 1.807) is 12.1 Å². The lowest BCUT2D eigenvalue weighted by atomic mass is 10.1. The van der Waals surface area contributed by atoms with E-state index < -0.39 is 11.7 Å². The van der Waals surface area contributed by atoms with Gasteiger partial charge in [-0.25, -0.2) is 4.39 Å². The van der Waals surface area contributed by atoms with Crippen molar-refractivity contribution in [1.82, 2.24) is 14.8 Å². The standard InChI is InChI=1S/C21H21FN4O/c1-14-10-11-15(20-25-24-19-9-3-2-6-12-26(19)20)13-18(14)23-21(27)16-7-4-5-8-17(16)22/h4-5,7-8,10-11,13H,2-3,6,9,12H2,1H3,(H,23,27). The van der Waals surface area contributed by atoms with Crippen LogP contribution in [0.15, 0.2) is 42.5 Å². The highest BCUT2D eigenvalue weighted by atomic mass is 19.1. The zero-order valence-electron chi connectivity index (χ0n) is 15.2. The topological polar surface area (TPSA) is 59.8 Å². The molecule has 0 saturated heterocycles. The average Bonchev–Trinajstić information content (AvgIpc) is 2.92. The number of carbonyl (C=O) groups is 1. The van der Waals surface area contributed by atoms with E-state index in [2.05, 4.69) is 20.1 Å². The van der Waals surface area contributed by atoms with Crippen molar-refractivity contribution in [3.8, 4) is 11.4 Å². The van der Waals surface area contributed by atoms with Crippen LogP contribution in [0.25, 0.3) is 11.4 Å². The fraction of sp³-hybridized carbons (Fsp3) is 0.286. The van der Waals surface area contributed by atoms with Crippen molar-refractivity contribution in [2.24, 2.45) is 0 Å². The summed E-state index contributed by atoms with van der Waals surface area (Å²) in [7, 11) is 0. The highest BCUT2D eigenvalue weighted by molar-refractivity contribution is 6.05. The molecule has 0 radical (unpaired) electrons. The Morgan fingerprint density at radius 2 is 1.96 bits per heavy atom. The summed E-state index contributed by atoms with van der Waals surface area (Å²) in [6.07, 6.45) is 4.38. The second-order valence-corrected chi connectivity index (χ2v) is 6.87. The molecule has 0 unspecified atom stereocenters. The van der Waals surface area contributed by atoms with Gasteiger partial charge >= 0.3 is 0 Å². The third-order valence-electron chi connectivity index (χ3n) is 4.97. The molecule has 0 atom stereocenters. The number of nitrogens with zero attached hydrogens (tertiary/aromatic N) is 3. The highest BCUT2D eigenvalue weighted by Crippen LogP contribution is 2.27. The van der Waals surface area contributed by atoms with Crippen molar-refractivity contribution < 1.29 is 9.18 Å². The molecule has 2 heterocycles. The number of carbonyl (C=O) groups excluding carboxylic acids is 1. The molecule has 138 valence electrons. The number of hydrogen-bond acceptors (Lipinski definition) is 3. The predicted octanol–water partition coefficient (Wildman–Crippen LogP) is 4.37. The molecule has 4 rings (SSSR count). The number of aromatic nitrogens is 3. The Morgan fingerprint density at radius 3 is 2.81 bits per heavy atom. The molecule has 0 bridgehead atoms. The second kappa shape index (κ2) is 7.31. The normalized spacial score (nSPS) is 13.7. The van der Waals surface area contributed by atoms with Gasteiger partial charge in [0, 0.05) is 24.2 Å². The number of hydrogen-bond donors (Lipinski definition) is 1. The molecule has 5 nitrogen and oxygen atoms in total. The molecule has 0 fully saturated rings. The maximum Gasteiger partial charge on any atom is 0.258 e. The number of benzene rings is 2. The fourth-order valence-corrected chi connectivity index (χ4v) is 3.43. The first kappa shape index (κ1) is 17.4. The number of fused-ring (bicyclic) bond motifs is 1. The first-order valence-corrected chi connectivity index (χ1v) is 9.22. The van der Waals surface area contributed by atoms with E-state index in [1.807, 2.05) is 25.1 Å². The summed E-state index contributed by atoms with van der Waals surface area (Å²) >= 11 is 0. The number of aryl methyl sites for hydroxylation is 2. The molecule has 6 heteroatoms. The molecule has 2 aromatic carbocycles. The van der Waals surface area contributed by atoms with Crippen molar-refractivity contribution in [1.29, 1.82) is 0 Å². The van der Waals surface area contributed by atoms with Gasteiger partial charge in [-0.05, 0) is 43.5 Å². The highest BCUT2D eigenvalue weighted by Gasteiger charge is 2.18. The monoisotopic (exact) mass is 364 g/mol. The van der Waals surface area contributed by atoms with E-state index >= 15 is 0 Å². The molecule has 1 aliphatic heterocycles. The molecular formula is C21H21FN4O. The molecule has 1 aliphatic rings. The zero-order chi connectivity index (χ0) is 18.8. The maximum absolute atomic E-state index is 13.9.